The molecule has 0 heterocycles. The first-order chi connectivity index (χ1) is 7.86. The van der Waals surface area contributed by atoms with Gasteiger partial charge in [0.2, 0.25) is 0 Å². The van der Waals surface area contributed by atoms with Crippen LogP contribution in [0, 0.1) is 0 Å². The molecule has 0 aliphatic carbocycles. The Hall–Kier alpha value is -1.80. The monoisotopic (exact) mass is 246 g/mol. The Balaban J connectivity index is 0.00000144. The SMILES string of the molecule is Cl.NC(=NCc1ccccc1)c1ccccc1. The van der Waals surface area contributed by atoms with Crippen LogP contribution in [-0.2, 0) is 6.54 Å². The fourth-order valence-corrected chi connectivity index (χ4v) is 1.46. The third-order valence-corrected chi connectivity index (χ3v) is 2.34. The van der Waals surface area contributed by atoms with Gasteiger partial charge < -0.3 is 5.73 Å². The van der Waals surface area contributed by atoms with Gasteiger partial charge in [-0.1, -0.05) is 60.7 Å². The first-order valence-corrected chi connectivity index (χ1v) is 5.25. The number of aliphatic imine (C=N–C) groups is 1. The summed E-state index contributed by atoms with van der Waals surface area (Å²) in [4.78, 5) is 4.36. The average molecular weight is 247 g/mol. The Kier molecular flexibility index (Phi) is 5.24. The number of amidine groups is 1. The van der Waals surface area contributed by atoms with E-state index >= 15 is 0 Å². The number of rotatable bonds is 3. The maximum atomic E-state index is 5.89. The maximum absolute atomic E-state index is 5.89. The predicted octanol–water partition coefficient (Wildman–Crippen LogP) is 3.01. The van der Waals surface area contributed by atoms with E-state index in [-0.39, 0.29) is 12.4 Å². The zero-order valence-corrected chi connectivity index (χ0v) is 10.2. The van der Waals surface area contributed by atoms with E-state index < -0.39 is 0 Å². The molecule has 0 radical (unpaired) electrons. The zero-order chi connectivity index (χ0) is 11.2. The molecule has 0 aliphatic heterocycles. The lowest BCUT2D eigenvalue weighted by atomic mass is 10.2. The van der Waals surface area contributed by atoms with Crippen LogP contribution >= 0.6 is 12.4 Å². The molecule has 0 saturated carbocycles. The van der Waals surface area contributed by atoms with Crippen LogP contribution in [0.4, 0.5) is 0 Å². The van der Waals surface area contributed by atoms with Gasteiger partial charge in [-0.15, -0.1) is 12.4 Å². The third-order valence-electron chi connectivity index (χ3n) is 2.34. The molecule has 2 aromatic rings. The Morgan fingerprint density at radius 1 is 0.882 bits per heavy atom. The second-order valence-electron chi connectivity index (χ2n) is 3.55. The van der Waals surface area contributed by atoms with Crippen LogP contribution in [0.1, 0.15) is 11.1 Å². The lowest BCUT2D eigenvalue weighted by Gasteiger charge is -2.00. The highest BCUT2D eigenvalue weighted by Crippen LogP contribution is 2.02. The van der Waals surface area contributed by atoms with Gasteiger partial charge in [0.1, 0.15) is 5.84 Å². The smallest absolute Gasteiger partial charge is 0.125 e. The number of nitrogens with two attached hydrogens (primary N) is 1. The van der Waals surface area contributed by atoms with Gasteiger partial charge in [-0.3, -0.25) is 4.99 Å². The summed E-state index contributed by atoms with van der Waals surface area (Å²) in [6.45, 7) is 0.627. The van der Waals surface area contributed by atoms with Crippen molar-refractivity contribution in [3.05, 3.63) is 71.8 Å². The van der Waals surface area contributed by atoms with Gasteiger partial charge in [-0.25, -0.2) is 0 Å². The van der Waals surface area contributed by atoms with E-state index in [4.69, 9.17) is 5.73 Å². The number of benzene rings is 2. The molecule has 2 rings (SSSR count). The van der Waals surface area contributed by atoms with Crippen LogP contribution in [0.5, 0.6) is 0 Å². The van der Waals surface area contributed by atoms with Crippen molar-refractivity contribution in [1.82, 2.24) is 0 Å². The third kappa shape index (κ3) is 3.93. The molecular weight excluding hydrogens is 232 g/mol. The maximum Gasteiger partial charge on any atom is 0.125 e. The largest absolute Gasteiger partial charge is 0.383 e. The van der Waals surface area contributed by atoms with Crippen LogP contribution < -0.4 is 5.73 Å². The molecular formula is C14H15ClN2. The molecule has 0 fully saturated rings. The minimum absolute atomic E-state index is 0. The Morgan fingerprint density at radius 2 is 1.41 bits per heavy atom. The summed E-state index contributed by atoms with van der Waals surface area (Å²) in [5, 5.41) is 0. The highest BCUT2D eigenvalue weighted by Gasteiger charge is 1.95. The summed E-state index contributed by atoms with van der Waals surface area (Å²) in [5.41, 5.74) is 8.03. The fraction of sp³-hybridized carbons (Fsp3) is 0.0714. The lowest BCUT2D eigenvalue weighted by Crippen LogP contribution is -2.13. The minimum atomic E-state index is 0. The first kappa shape index (κ1) is 13.3. The molecule has 2 N–H and O–H groups in total. The molecule has 17 heavy (non-hydrogen) atoms. The molecule has 0 bridgehead atoms. The Labute approximate surface area is 108 Å². The van der Waals surface area contributed by atoms with Crippen molar-refractivity contribution >= 4 is 18.2 Å². The van der Waals surface area contributed by atoms with Crippen LogP contribution in [-0.4, -0.2) is 5.84 Å². The first-order valence-electron chi connectivity index (χ1n) is 5.25. The molecule has 0 amide bonds. The summed E-state index contributed by atoms with van der Waals surface area (Å²) in [7, 11) is 0. The van der Waals surface area contributed by atoms with E-state index in [0.717, 1.165) is 5.56 Å². The van der Waals surface area contributed by atoms with Crippen molar-refractivity contribution in [2.75, 3.05) is 0 Å². The summed E-state index contributed by atoms with van der Waals surface area (Å²) >= 11 is 0. The fourth-order valence-electron chi connectivity index (χ4n) is 1.46. The second kappa shape index (κ2) is 6.71. The van der Waals surface area contributed by atoms with Crippen molar-refractivity contribution in [3.8, 4) is 0 Å². The predicted molar refractivity (Wildman–Crippen MR) is 74.6 cm³/mol. The van der Waals surface area contributed by atoms with Gasteiger partial charge in [0, 0.05) is 5.56 Å². The lowest BCUT2D eigenvalue weighted by molar-refractivity contribution is 1.06. The molecule has 0 spiro atoms. The number of hydrogen-bond donors (Lipinski definition) is 1. The average Bonchev–Trinajstić information content (AvgIpc) is 2.38. The Morgan fingerprint density at radius 3 is 2.00 bits per heavy atom. The van der Waals surface area contributed by atoms with Gasteiger partial charge in [0.25, 0.3) is 0 Å². The van der Waals surface area contributed by atoms with Gasteiger partial charge in [-0.2, -0.15) is 0 Å². The van der Waals surface area contributed by atoms with Gasteiger partial charge in [0.15, 0.2) is 0 Å². The quantitative estimate of drug-likeness (QED) is 0.656. The van der Waals surface area contributed by atoms with Crippen molar-refractivity contribution in [1.29, 1.82) is 0 Å². The minimum Gasteiger partial charge on any atom is -0.383 e. The molecule has 0 aliphatic rings. The number of hydrogen-bond acceptors (Lipinski definition) is 1. The van der Waals surface area contributed by atoms with E-state index in [0.29, 0.717) is 12.4 Å². The number of nitrogens with zero attached hydrogens (tertiary/aromatic N) is 1. The number of halogens is 1. The standard InChI is InChI=1S/C14H14N2.ClH/c15-14(13-9-5-2-6-10-13)16-11-12-7-3-1-4-8-12;/h1-10H,11H2,(H2,15,16);1H. The van der Waals surface area contributed by atoms with Crippen LogP contribution in [0.3, 0.4) is 0 Å². The van der Waals surface area contributed by atoms with Crippen molar-refractivity contribution in [3.63, 3.8) is 0 Å². The topological polar surface area (TPSA) is 38.4 Å². The van der Waals surface area contributed by atoms with Crippen LogP contribution in [0.25, 0.3) is 0 Å². The molecule has 2 nitrogen and oxygen atoms in total. The molecule has 0 unspecified atom stereocenters. The van der Waals surface area contributed by atoms with E-state index in [2.05, 4.69) is 4.99 Å². The molecule has 3 heteroatoms. The van der Waals surface area contributed by atoms with Gasteiger partial charge in [0.05, 0.1) is 6.54 Å². The Bertz CT molecular complexity index is 466. The summed E-state index contributed by atoms with van der Waals surface area (Å²) in [5.74, 6) is 0.587. The van der Waals surface area contributed by atoms with E-state index in [1.165, 1.54) is 5.56 Å². The van der Waals surface area contributed by atoms with Crippen LogP contribution in [0.15, 0.2) is 65.7 Å². The van der Waals surface area contributed by atoms with Gasteiger partial charge in [-0.05, 0) is 5.56 Å². The van der Waals surface area contributed by atoms with Crippen molar-refractivity contribution in [2.45, 2.75) is 6.54 Å². The molecule has 2 aromatic carbocycles. The highest BCUT2D eigenvalue weighted by molar-refractivity contribution is 5.97. The summed E-state index contributed by atoms with van der Waals surface area (Å²) in [6.07, 6.45) is 0. The molecule has 0 saturated heterocycles. The van der Waals surface area contributed by atoms with Crippen molar-refractivity contribution < 1.29 is 0 Å². The van der Waals surface area contributed by atoms with Crippen molar-refractivity contribution in [2.24, 2.45) is 10.7 Å². The molecule has 88 valence electrons. The van der Waals surface area contributed by atoms with Crippen LogP contribution in [0.2, 0.25) is 0 Å². The zero-order valence-electron chi connectivity index (χ0n) is 9.41. The van der Waals surface area contributed by atoms with E-state index in [1.807, 2.05) is 60.7 Å². The highest BCUT2D eigenvalue weighted by atomic mass is 35.5. The van der Waals surface area contributed by atoms with Gasteiger partial charge >= 0.3 is 0 Å². The normalized spacial score (nSPS) is 10.7. The van der Waals surface area contributed by atoms with E-state index in [9.17, 15) is 0 Å². The second-order valence-corrected chi connectivity index (χ2v) is 3.55. The molecule has 0 atom stereocenters. The summed E-state index contributed by atoms with van der Waals surface area (Å²) < 4.78 is 0. The van der Waals surface area contributed by atoms with E-state index in [1.54, 1.807) is 0 Å². The molecule has 0 aromatic heterocycles. The summed E-state index contributed by atoms with van der Waals surface area (Å²) in [6, 6.07) is 19.9.